The maximum Gasteiger partial charge on any atom is 0.445 e. The van der Waals surface area contributed by atoms with E-state index in [2.05, 4.69) is 0 Å². The Morgan fingerprint density at radius 1 is 1.11 bits per heavy atom. The molecule has 28 heavy (non-hydrogen) atoms. The highest BCUT2D eigenvalue weighted by molar-refractivity contribution is 8.06. The van der Waals surface area contributed by atoms with Crippen LogP contribution in [0.3, 0.4) is 0 Å². The summed E-state index contributed by atoms with van der Waals surface area (Å²) < 4.78 is 32.1. The van der Waals surface area contributed by atoms with Crippen molar-refractivity contribution >= 4 is 27.0 Å². The number of sulfonamides is 1. The highest BCUT2D eigenvalue weighted by Crippen LogP contribution is 2.37. The molecule has 0 unspecified atom stereocenters. The molecule has 0 bridgehead atoms. The van der Waals surface area contributed by atoms with E-state index in [9.17, 15) is 23.1 Å². The Labute approximate surface area is 163 Å². The number of carboxylic acid groups (broad SMARTS) is 1. The number of ether oxygens (including phenoxy) is 1. The van der Waals surface area contributed by atoms with E-state index in [1.165, 1.54) is 0 Å². The minimum absolute atomic E-state index is 0.165. The zero-order chi connectivity index (χ0) is 20.3. The van der Waals surface area contributed by atoms with Gasteiger partial charge in [0.25, 0.3) is 0 Å². The van der Waals surface area contributed by atoms with Gasteiger partial charge in [0, 0.05) is 6.04 Å². The highest BCUT2D eigenvalue weighted by Gasteiger charge is 2.43. The molecule has 0 spiro atoms. The van der Waals surface area contributed by atoms with E-state index >= 15 is 0 Å². The molecular formula is C20H21NO6S. The summed E-state index contributed by atoms with van der Waals surface area (Å²) in [7, 11) is -4.48. The summed E-state index contributed by atoms with van der Waals surface area (Å²) in [6.45, 7) is 1.45. The molecule has 148 valence electrons. The average molecular weight is 403 g/mol. The molecule has 7 nitrogen and oxygen atoms in total. The van der Waals surface area contributed by atoms with E-state index in [4.69, 9.17) is 4.74 Å². The lowest BCUT2D eigenvalue weighted by atomic mass is 9.86. The quantitative estimate of drug-likeness (QED) is 0.770. The lowest BCUT2D eigenvalue weighted by Crippen LogP contribution is -2.49. The lowest BCUT2D eigenvalue weighted by Gasteiger charge is -2.39. The number of para-hydroxylation sites is 1. The number of carbonyl (C=O) groups excluding carboxylic acids is 1. The number of fused-ring (bicyclic) bond motifs is 1. The maximum absolute atomic E-state index is 13.0. The molecule has 8 heteroatoms. The number of hydrogen-bond acceptors (Lipinski definition) is 5. The summed E-state index contributed by atoms with van der Waals surface area (Å²) >= 11 is 0. The first-order chi connectivity index (χ1) is 13.3. The van der Waals surface area contributed by atoms with Gasteiger partial charge in [-0.15, -0.1) is 0 Å². The number of benzene rings is 2. The van der Waals surface area contributed by atoms with E-state index in [0.717, 1.165) is 4.31 Å². The first-order valence-corrected chi connectivity index (χ1v) is 10.3. The van der Waals surface area contributed by atoms with E-state index in [0.29, 0.717) is 23.2 Å². The van der Waals surface area contributed by atoms with Gasteiger partial charge in [0.05, 0.1) is 12.1 Å². The van der Waals surface area contributed by atoms with Crippen LogP contribution in [-0.4, -0.2) is 30.8 Å². The second kappa shape index (κ2) is 8.02. The summed E-state index contributed by atoms with van der Waals surface area (Å²) in [6.07, 6.45) is 0.231. The van der Waals surface area contributed by atoms with Gasteiger partial charge in [0.2, 0.25) is 0 Å². The van der Waals surface area contributed by atoms with Crippen LogP contribution in [0.1, 0.15) is 24.5 Å². The Bertz CT molecular complexity index is 973. The molecule has 0 saturated carbocycles. The van der Waals surface area contributed by atoms with E-state index in [1.54, 1.807) is 61.5 Å². The highest BCUT2D eigenvalue weighted by atomic mass is 32.2. The fourth-order valence-electron chi connectivity index (χ4n) is 3.45. The van der Waals surface area contributed by atoms with Gasteiger partial charge in [-0.1, -0.05) is 48.5 Å². The smallest absolute Gasteiger partial charge is 0.445 e. The minimum Gasteiger partial charge on any atom is -0.481 e. The van der Waals surface area contributed by atoms with Gasteiger partial charge in [-0.2, -0.15) is 8.42 Å². The summed E-state index contributed by atoms with van der Waals surface area (Å²) in [6, 6.07) is 14.9. The summed E-state index contributed by atoms with van der Waals surface area (Å²) in [4.78, 5) is 23.7. The predicted molar refractivity (Wildman–Crippen MR) is 103 cm³/mol. The number of aliphatic carboxylic acids is 1. The molecule has 0 aromatic heterocycles. The third-order valence-electron chi connectivity index (χ3n) is 4.87. The zero-order valence-corrected chi connectivity index (χ0v) is 16.1. The molecule has 1 aliphatic rings. The second-order valence-corrected chi connectivity index (χ2v) is 8.43. The van der Waals surface area contributed by atoms with Crippen LogP contribution >= 0.6 is 0 Å². The van der Waals surface area contributed by atoms with E-state index < -0.39 is 33.3 Å². The van der Waals surface area contributed by atoms with Crippen molar-refractivity contribution < 1.29 is 27.9 Å². The van der Waals surface area contributed by atoms with Crippen molar-refractivity contribution in [3.8, 4) is 0 Å². The number of carboxylic acids is 1. The SMILES string of the molecule is C[C@@H]1[C@H](CC(=O)O)Cc2ccccc2N1S(=O)(=O)C(=O)OCc1ccccc1. The van der Waals surface area contributed by atoms with Crippen LogP contribution in [0.2, 0.25) is 0 Å². The standard InChI is InChI=1S/C20H21NO6S/c1-14-17(12-19(22)23)11-16-9-5-6-10-18(16)21(14)28(25,26)20(24)27-13-15-7-3-2-4-8-15/h2-10,14,17H,11-13H2,1H3,(H,22,23)/t14-,17+/m1/s1. The van der Waals surface area contributed by atoms with Gasteiger partial charge in [-0.05, 0) is 36.5 Å². The van der Waals surface area contributed by atoms with E-state index in [-0.39, 0.29) is 13.0 Å². The second-order valence-electron chi connectivity index (χ2n) is 6.76. The van der Waals surface area contributed by atoms with Gasteiger partial charge in [-0.25, -0.2) is 4.79 Å². The molecule has 2 aromatic carbocycles. The molecule has 3 rings (SSSR count). The van der Waals surface area contributed by atoms with Crippen molar-refractivity contribution in [3.63, 3.8) is 0 Å². The summed E-state index contributed by atoms with van der Waals surface area (Å²) in [5, 5.41) is 7.83. The number of hydrogen-bond donors (Lipinski definition) is 1. The largest absolute Gasteiger partial charge is 0.481 e. The Kier molecular flexibility index (Phi) is 5.69. The molecule has 0 radical (unpaired) electrons. The Morgan fingerprint density at radius 2 is 1.75 bits per heavy atom. The van der Waals surface area contributed by atoms with Gasteiger partial charge in [0.15, 0.2) is 0 Å². The lowest BCUT2D eigenvalue weighted by molar-refractivity contribution is -0.138. The van der Waals surface area contributed by atoms with Gasteiger partial charge in [-0.3, -0.25) is 9.10 Å². The summed E-state index contributed by atoms with van der Waals surface area (Å²) in [5.74, 6) is -1.47. The first-order valence-electron chi connectivity index (χ1n) is 8.85. The Hall–Kier alpha value is -2.87. The molecule has 1 aliphatic heterocycles. The number of nitrogens with zero attached hydrogens (tertiary/aromatic N) is 1. The molecule has 0 amide bonds. The normalized spacial score (nSPS) is 19.0. The zero-order valence-electron chi connectivity index (χ0n) is 15.3. The van der Waals surface area contributed by atoms with Crippen molar-refractivity contribution in [3.05, 3.63) is 65.7 Å². The first kappa shape index (κ1) is 19.9. The van der Waals surface area contributed by atoms with Crippen LogP contribution in [0, 0.1) is 5.92 Å². The van der Waals surface area contributed by atoms with Crippen LogP contribution in [0.25, 0.3) is 0 Å². The van der Waals surface area contributed by atoms with Crippen molar-refractivity contribution in [1.82, 2.24) is 0 Å². The average Bonchev–Trinajstić information content (AvgIpc) is 2.67. The molecule has 2 atom stereocenters. The maximum atomic E-state index is 13.0. The van der Waals surface area contributed by atoms with Gasteiger partial charge in [0.1, 0.15) is 6.61 Å². The number of rotatable bonds is 5. The predicted octanol–water partition coefficient (Wildman–Crippen LogP) is 3.20. The van der Waals surface area contributed by atoms with Crippen LogP contribution in [0.5, 0.6) is 0 Å². The molecule has 1 N–H and O–H groups in total. The van der Waals surface area contributed by atoms with Crippen molar-refractivity contribution in [2.75, 3.05) is 4.31 Å². The van der Waals surface area contributed by atoms with Crippen LogP contribution in [0.4, 0.5) is 10.5 Å². The molecule has 2 aromatic rings. The van der Waals surface area contributed by atoms with Crippen LogP contribution in [-0.2, 0) is 32.6 Å². The molecule has 0 aliphatic carbocycles. The number of carbonyl (C=O) groups is 2. The Morgan fingerprint density at radius 3 is 2.43 bits per heavy atom. The molecule has 0 saturated heterocycles. The van der Waals surface area contributed by atoms with E-state index in [1.807, 2.05) is 0 Å². The third kappa shape index (κ3) is 4.01. The number of anilines is 1. The van der Waals surface area contributed by atoms with Gasteiger partial charge >= 0.3 is 21.3 Å². The molecule has 0 fully saturated rings. The minimum atomic E-state index is -4.48. The Balaban J connectivity index is 1.89. The van der Waals surface area contributed by atoms with Crippen molar-refractivity contribution in [2.24, 2.45) is 5.92 Å². The van der Waals surface area contributed by atoms with Crippen LogP contribution < -0.4 is 4.31 Å². The van der Waals surface area contributed by atoms with Crippen LogP contribution in [0.15, 0.2) is 54.6 Å². The monoisotopic (exact) mass is 403 g/mol. The third-order valence-corrected chi connectivity index (χ3v) is 6.46. The van der Waals surface area contributed by atoms with Gasteiger partial charge < -0.3 is 9.84 Å². The molecular weight excluding hydrogens is 382 g/mol. The molecule has 1 heterocycles. The van der Waals surface area contributed by atoms with Crippen molar-refractivity contribution in [2.45, 2.75) is 32.4 Å². The fraction of sp³-hybridized carbons (Fsp3) is 0.300. The fourth-order valence-corrected chi connectivity index (χ4v) is 4.86. The topological polar surface area (TPSA) is 101 Å². The van der Waals surface area contributed by atoms with Crippen molar-refractivity contribution in [1.29, 1.82) is 0 Å². The summed E-state index contributed by atoms with van der Waals surface area (Å²) in [5.41, 5.74) is 1.74.